The van der Waals surface area contributed by atoms with Crippen LogP contribution in [0, 0.1) is 34.1 Å². The molecule has 0 N–H and O–H groups in total. The molecule has 142 valence electrons. The third-order valence-corrected chi connectivity index (χ3v) is 4.12. The second-order valence-electron chi connectivity index (χ2n) is 5.95. The summed E-state index contributed by atoms with van der Waals surface area (Å²) in [7, 11) is 0. The summed E-state index contributed by atoms with van der Waals surface area (Å²) >= 11 is 0. The van der Waals surface area contributed by atoms with E-state index < -0.39 is 32.8 Å². The van der Waals surface area contributed by atoms with Crippen LogP contribution >= 0.6 is 0 Å². The number of carbonyl (C=O) groups is 1. The van der Waals surface area contributed by atoms with Crippen LogP contribution in [0.5, 0.6) is 5.75 Å². The highest BCUT2D eigenvalue weighted by Gasteiger charge is 2.26. The highest BCUT2D eigenvalue weighted by molar-refractivity contribution is 5.93. The van der Waals surface area contributed by atoms with Crippen molar-refractivity contribution in [3.05, 3.63) is 83.7 Å². The van der Waals surface area contributed by atoms with E-state index in [2.05, 4.69) is 0 Å². The fourth-order valence-corrected chi connectivity index (χ4v) is 2.72. The van der Waals surface area contributed by atoms with Gasteiger partial charge in [0.2, 0.25) is 0 Å². The maximum atomic E-state index is 12.4. The predicted molar refractivity (Wildman–Crippen MR) is 96.7 cm³/mol. The van der Waals surface area contributed by atoms with Gasteiger partial charge in [-0.1, -0.05) is 0 Å². The zero-order valence-electron chi connectivity index (χ0n) is 14.6. The number of benzene rings is 2. The van der Waals surface area contributed by atoms with Gasteiger partial charge in [-0.25, -0.2) is 9.59 Å². The van der Waals surface area contributed by atoms with Gasteiger partial charge < -0.3 is 9.15 Å². The predicted octanol–water partition coefficient (Wildman–Crippen LogP) is 3.45. The largest absolute Gasteiger partial charge is 0.423 e. The number of rotatable bonds is 4. The monoisotopic (exact) mass is 384 g/mol. The summed E-state index contributed by atoms with van der Waals surface area (Å²) in [6.45, 7) is 2.94. The van der Waals surface area contributed by atoms with Crippen molar-refractivity contribution >= 4 is 28.3 Å². The zero-order valence-corrected chi connectivity index (χ0v) is 14.6. The molecule has 1 aromatic heterocycles. The molecule has 0 aliphatic carbocycles. The van der Waals surface area contributed by atoms with Crippen molar-refractivity contribution in [1.29, 1.82) is 0 Å². The molecular formula is C18H12N2O8. The van der Waals surface area contributed by atoms with Crippen molar-refractivity contribution in [2.45, 2.75) is 13.8 Å². The molecule has 28 heavy (non-hydrogen) atoms. The third kappa shape index (κ3) is 3.43. The van der Waals surface area contributed by atoms with E-state index in [1.807, 2.05) is 0 Å². The second-order valence-corrected chi connectivity index (χ2v) is 5.95. The molecule has 0 atom stereocenters. The van der Waals surface area contributed by atoms with Gasteiger partial charge in [0.15, 0.2) is 0 Å². The lowest BCUT2D eigenvalue weighted by Crippen LogP contribution is -2.10. The second kappa shape index (κ2) is 6.91. The van der Waals surface area contributed by atoms with E-state index in [0.717, 1.165) is 12.1 Å². The molecule has 0 spiro atoms. The van der Waals surface area contributed by atoms with Crippen molar-refractivity contribution in [2.75, 3.05) is 0 Å². The molecule has 0 radical (unpaired) electrons. The summed E-state index contributed by atoms with van der Waals surface area (Å²) in [6.07, 6.45) is 0. The van der Waals surface area contributed by atoms with Gasteiger partial charge in [0.1, 0.15) is 16.9 Å². The minimum Gasteiger partial charge on any atom is -0.423 e. The van der Waals surface area contributed by atoms with E-state index in [0.29, 0.717) is 10.9 Å². The van der Waals surface area contributed by atoms with Gasteiger partial charge in [0, 0.05) is 29.7 Å². The van der Waals surface area contributed by atoms with Crippen LogP contribution in [0.2, 0.25) is 0 Å². The molecule has 3 aromatic rings. The molecular weight excluding hydrogens is 372 g/mol. The lowest BCUT2D eigenvalue weighted by atomic mass is 10.1. The van der Waals surface area contributed by atoms with E-state index >= 15 is 0 Å². The summed E-state index contributed by atoms with van der Waals surface area (Å²) in [5.41, 5.74) is -1.37. The Bertz CT molecular complexity index is 1180. The van der Waals surface area contributed by atoms with E-state index in [-0.39, 0.29) is 22.5 Å². The number of nitro groups is 2. The summed E-state index contributed by atoms with van der Waals surface area (Å²) in [5, 5.41) is 22.9. The Morgan fingerprint density at radius 3 is 2.18 bits per heavy atom. The first-order valence-corrected chi connectivity index (χ1v) is 7.87. The Morgan fingerprint density at radius 1 is 1.00 bits per heavy atom. The molecule has 2 aromatic carbocycles. The molecule has 0 aliphatic heterocycles. The van der Waals surface area contributed by atoms with Gasteiger partial charge in [0.05, 0.1) is 15.4 Å². The van der Waals surface area contributed by atoms with Crippen molar-refractivity contribution in [3.8, 4) is 5.75 Å². The van der Waals surface area contributed by atoms with Crippen molar-refractivity contribution < 1.29 is 23.8 Å². The molecule has 0 amide bonds. The Kier molecular flexibility index (Phi) is 4.62. The number of ether oxygens (including phenoxy) is 1. The number of aryl methyl sites for hydroxylation is 1. The molecule has 0 saturated carbocycles. The number of hydrogen-bond acceptors (Lipinski definition) is 8. The highest BCUT2D eigenvalue weighted by atomic mass is 16.6. The average Bonchev–Trinajstić information content (AvgIpc) is 2.60. The van der Waals surface area contributed by atoms with E-state index in [9.17, 15) is 29.8 Å². The lowest BCUT2D eigenvalue weighted by molar-refractivity contribution is -0.395. The fraction of sp³-hybridized carbons (Fsp3) is 0.111. The first-order chi connectivity index (χ1) is 13.2. The molecule has 10 nitrogen and oxygen atoms in total. The van der Waals surface area contributed by atoms with Crippen LogP contribution in [0.15, 0.2) is 45.6 Å². The number of fused-ring (bicyclic) bond motifs is 1. The summed E-state index contributed by atoms with van der Waals surface area (Å²) in [5.74, 6) is -1.02. The van der Waals surface area contributed by atoms with Crippen LogP contribution in [0.1, 0.15) is 21.5 Å². The van der Waals surface area contributed by atoms with Crippen molar-refractivity contribution in [2.24, 2.45) is 0 Å². The first-order valence-electron chi connectivity index (χ1n) is 7.87. The maximum absolute atomic E-state index is 12.4. The van der Waals surface area contributed by atoms with Crippen LogP contribution in [-0.2, 0) is 0 Å². The normalized spacial score (nSPS) is 10.6. The Hall–Kier alpha value is -4.08. The molecule has 1 heterocycles. The summed E-state index contributed by atoms with van der Waals surface area (Å²) < 4.78 is 10.2. The Labute approximate surface area is 156 Å². The summed E-state index contributed by atoms with van der Waals surface area (Å²) in [6, 6.07) is 7.49. The number of esters is 1. The van der Waals surface area contributed by atoms with E-state index in [4.69, 9.17) is 9.15 Å². The van der Waals surface area contributed by atoms with Crippen LogP contribution in [0.4, 0.5) is 11.4 Å². The van der Waals surface area contributed by atoms with Crippen LogP contribution < -0.4 is 10.4 Å². The number of hydrogen-bond donors (Lipinski definition) is 0. The lowest BCUT2D eigenvalue weighted by Gasteiger charge is -2.07. The molecule has 0 aliphatic rings. The van der Waals surface area contributed by atoms with Crippen LogP contribution in [-0.4, -0.2) is 15.8 Å². The van der Waals surface area contributed by atoms with E-state index in [1.165, 1.54) is 25.1 Å². The Morgan fingerprint density at radius 2 is 1.61 bits per heavy atom. The molecule has 10 heteroatoms. The smallest absolute Gasteiger partial charge is 0.344 e. The van der Waals surface area contributed by atoms with Crippen molar-refractivity contribution in [1.82, 2.24) is 0 Å². The molecule has 3 rings (SSSR count). The third-order valence-electron chi connectivity index (χ3n) is 4.12. The van der Waals surface area contributed by atoms with Gasteiger partial charge in [-0.3, -0.25) is 20.2 Å². The molecule has 0 fully saturated rings. The zero-order chi connectivity index (χ0) is 20.6. The van der Waals surface area contributed by atoms with Gasteiger partial charge in [-0.2, -0.15) is 0 Å². The van der Waals surface area contributed by atoms with Gasteiger partial charge in [-0.15, -0.1) is 0 Å². The molecule has 0 bridgehead atoms. The van der Waals surface area contributed by atoms with Crippen LogP contribution in [0.25, 0.3) is 11.0 Å². The van der Waals surface area contributed by atoms with Gasteiger partial charge in [-0.05, 0) is 31.5 Å². The number of nitro benzene ring substituents is 2. The molecule has 0 saturated heterocycles. The standard InChI is InChI=1S/C18H12N2O8/c1-9-5-17(21)28-16-8-12(3-4-13(9)16)27-18(22)11-6-14(19(23)24)10(2)15(7-11)20(25)26/h3-8H,1-2H3. The van der Waals surface area contributed by atoms with Crippen LogP contribution in [0.3, 0.4) is 0 Å². The number of carbonyl (C=O) groups excluding carboxylic acids is 1. The SMILES string of the molecule is Cc1c([N+](=O)[O-])cc(C(=O)Oc2ccc3c(C)cc(=O)oc3c2)cc1[N+](=O)[O-]. The van der Waals surface area contributed by atoms with Gasteiger partial charge in [0.25, 0.3) is 11.4 Å². The highest BCUT2D eigenvalue weighted by Crippen LogP contribution is 2.30. The quantitative estimate of drug-likeness (QED) is 0.219. The topological polar surface area (TPSA) is 143 Å². The minimum absolute atomic E-state index is 0.0112. The fourth-order valence-electron chi connectivity index (χ4n) is 2.72. The average molecular weight is 384 g/mol. The minimum atomic E-state index is -1.03. The van der Waals surface area contributed by atoms with E-state index in [1.54, 1.807) is 13.0 Å². The number of nitrogens with zero attached hydrogens (tertiary/aromatic N) is 2. The van der Waals surface area contributed by atoms with Crippen molar-refractivity contribution in [3.63, 3.8) is 0 Å². The van der Waals surface area contributed by atoms with Gasteiger partial charge >= 0.3 is 11.6 Å². The maximum Gasteiger partial charge on any atom is 0.344 e. The molecule has 0 unspecified atom stereocenters. The Balaban J connectivity index is 2.01. The summed E-state index contributed by atoms with van der Waals surface area (Å²) in [4.78, 5) is 44.5. The first kappa shape index (κ1) is 18.7.